The summed E-state index contributed by atoms with van der Waals surface area (Å²) in [6.45, 7) is 4.80. The summed E-state index contributed by atoms with van der Waals surface area (Å²) in [7, 11) is 0. The number of ether oxygens (including phenoxy) is 2. The van der Waals surface area contributed by atoms with Crippen molar-refractivity contribution in [1.29, 1.82) is 0 Å². The molecule has 1 aliphatic carbocycles. The molecule has 1 aliphatic heterocycles. The minimum absolute atomic E-state index is 0.193. The highest BCUT2D eigenvalue weighted by Gasteiger charge is 2.51. The lowest BCUT2D eigenvalue weighted by molar-refractivity contribution is -0.147. The van der Waals surface area contributed by atoms with E-state index in [0.29, 0.717) is 12.5 Å². The molecule has 2 aliphatic rings. The fourth-order valence-electron chi connectivity index (χ4n) is 3.13. The number of benzene rings is 1. The Morgan fingerprint density at radius 3 is 2.89 bits per heavy atom. The van der Waals surface area contributed by atoms with Crippen LogP contribution < -0.4 is 4.74 Å². The molecule has 1 heterocycles. The Kier molecular flexibility index (Phi) is 2.83. The predicted molar refractivity (Wildman–Crippen MR) is 68.8 cm³/mol. The first kappa shape index (κ1) is 12.0. The van der Waals surface area contributed by atoms with Gasteiger partial charge in [-0.25, -0.2) is 0 Å². The summed E-state index contributed by atoms with van der Waals surface area (Å²) in [6.07, 6.45) is 2.37. The van der Waals surface area contributed by atoms with Gasteiger partial charge in [0.1, 0.15) is 11.4 Å². The standard InChI is InChI=1S/C15H20O3/c1-3-17-11-7-15(8-11)9-13(16)12-6-10(2)4-5-14(12)18-15/h4-6,11,13,16H,3,7-9H2,1-2H3/t11?,13-,15?/m0/s1. The Hall–Kier alpha value is -1.06. The largest absolute Gasteiger partial charge is 0.487 e. The monoisotopic (exact) mass is 248 g/mol. The van der Waals surface area contributed by atoms with Crippen molar-refractivity contribution in [3.63, 3.8) is 0 Å². The molecule has 0 unspecified atom stereocenters. The van der Waals surface area contributed by atoms with Crippen LogP contribution in [0.3, 0.4) is 0 Å². The second kappa shape index (κ2) is 4.25. The highest BCUT2D eigenvalue weighted by molar-refractivity contribution is 5.41. The first-order valence-corrected chi connectivity index (χ1v) is 6.71. The maximum atomic E-state index is 10.3. The molecule has 1 spiro atoms. The van der Waals surface area contributed by atoms with E-state index in [1.54, 1.807) is 0 Å². The van der Waals surface area contributed by atoms with E-state index in [9.17, 15) is 5.11 Å². The third-order valence-corrected chi connectivity index (χ3v) is 4.02. The van der Waals surface area contributed by atoms with Gasteiger partial charge in [-0.1, -0.05) is 11.6 Å². The zero-order valence-corrected chi connectivity index (χ0v) is 11.0. The molecule has 3 rings (SSSR count). The highest BCUT2D eigenvalue weighted by Crippen LogP contribution is 2.49. The molecule has 0 bridgehead atoms. The van der Waals surface area contributed by atoms with Crippen LogP contribution in [-0.2, 0) is 4.74 Å². The second-order valence-corrected chi connectivity index (χ2v) is 5.53. The van der Waals surface area contributed by atoms with Crippen molar-refractivity contribution in [2.45, 2.75) is 50.9 Å². The lowest BCUT2D eigenvalue weighted by atomic mass is 9.71. The summed E-state index contributed by atoms with van der Waals surface area (Å²) in [5.74, 6) is 0.842. The Morgan fingerprint density at radius 1 is 1.39 bits per heavy atom. The van der Waals surface area contributed by atoms with E-state index in [2.05, 4.69) is 0 Å². The van der Waals surface area contributed by atoms with Crippen molar-refractivity contribution < 1.29 is 14.6 Å². The summed E-state index contributed by atoms with van der Waals surface area (Å²) in [5.41, 5.74) is 1.90. The number of aryl methyl sites for hydroxylation is 1. The van der Waals surface area contributed by atoms with Gasteiger partial charge in [-0.2, -0.15) is 0 Å². The smallest absolute Gasteiger partial charge is 0.125 e. The average Bonchev–Trinajstić information content (AvgIpc) is 2.29. The molecule has 18 heavy (non-hydrogen) atoms. The Balaban J connectivity index is 1.79. The summed E-state index contributed by atoms with van der Waals surface area (Å²) >= 11 is 0. The molecule has 3 heteroatoms. The van der Waals surface area contributed by atoms with E-state index < -0.39 is 6.10 Å². The lowest BCUT2D eigenvalue weighted by Crippen LogP contribution is -2.55. The van der Waals surface area contributed by atoms with Crippen molar-refractivity contribution in [1.82, 2.24) is 0 Å². The number of hydrogen-bond donors (Lipinski definition) is 1. The molecule has 0 radical (unpaired) electrons. The molecular formula is C15H20O3. The van der Waals surface area contributed by atoms with Gasteiger partial charge in [0.25, 0.3) is 0 Å². The van der Waals surface area contributed by atoms with Gasteiger partial charge < -0.3 is 14.6 Å². The van der Waals surface area contributed by atoms with E-state index in [1.165, 1.54) is 0 Å². The number of rotatable bonds is 2. The van der Waals surface area contributed by atoms with Gasteiger partial charge in [-0.15, -0.1) is 0 Å². The first-order chi connectivity index (χ1) is 8.62. The lowest BCUT2D eigenvalue weighted by Gasteiger charge is -2.50. The van der Waals surface area contributed by atoms with Gasteiger partial charge in [0.15, 0.2) is 0 Å². The van der Waals surface area contributed by atoms with Gasteiger partial charge in [-0.3, -0.25) is 0 Å². The van der Waals surface area contributed by atoms with E-state index in [4.69, 9.17) is 9.47 Å². The zero-order valence-electron chi connectivity index (χ0n) is 11.0. The molecule has 1 aromatic carbocycles. The maximum absolute atomic E-state index is 10.3. The third kappa shape index (κ3) is 1.91. The van der Waals surface area contributed by atoms with Crippen molar-refractivity contribution in [2.24, 2.45) is 0 Å². The van der Waals surface area contributed by atoms with E-state index in [1.807, 2.05) is 32.0 Å². The summed E-state index contributed by atoms with van der Waals surface area (Å²) in [6, 6.07) is 6.03. The molecule has 1 atom stereocenters. The van der Waals surface area contributed by atoms with Gasteiger partial charge in [-0.05, 0) is 26.0 Å². The molecule has 3 nitrogen and oxygen atoms in total. The highest BCUT2D eigenvalue weighted by atomic mass is 16.5. The van der Waals surface area contributed by atoms with Crippen LogP contribution in [0, 0.1) is 6.92 Å². The fraction of sp³-hybridized carbons (Fsp3) is 0.600. The normalized spacial score (nSPS) is 33.7. The van der Waals surface area contributed by atoms with Crippen LogP contribution in [0.25, 0.3) is 0 Å². The van der Waals surface area contributed by atoms with Crippen molar-refractivity contribution in [3.05, 3.63) is 29.3 Å². The Morgan fingerprint density at radius 2 is 2.17 bits per heavy atom. The van der Waals surface area contributed by atoms with E-state index in [-0.39, 0.29) is 5.60 Å². The fourth-order valence-corrected chi connectivity index (χ4v) is 3.13. The van der Waals surface area contributed by atoms with Crippen LogP contribution in [0.2, 0.25) is 0 Å². The minimum atomic E-state index is -0.406. The molecule has 0 saturated heterocycles. The van der Waals surface area contributed by atoms with Crippen LogP contribution in [0.4, 0.5) is 0 Å². The maximum Gasteiger partial charge on any atom is 0.125 e. The van der Waals surface area contributed by atoms with Gasteiger partial charge >= 0.3 is 0 Å². The number of aliphatic hydroxyl groups is 1. The van der Waals surface area contributed by atoms with Gasteiger partial charge in [0.05, 0.1) is 12.2 Å². The first-order valence-electron chi connectivity index (χ1n) is 6.71. The predicted octanol–water partition coefficient (Wildman–Crippen LogP) is 2.75. The van der Waals surface area contributed by atoms with Crippen molar-refractivity contribution in [3.8, 4) is 5.75 Å². The summed E-state index contributed by atoms with van der Waals surface area (Å²) in [5, 5.41) is 10.3. The molecule has 1 aromatic rings. The average molecular weight is 248 g/mol. The summed E-state index contributed by atoms with van der Waals surface area (Å²) < 4.78 is 11.7. The number of aliphatic hydroxyl groups excluding tert-OH is 1. The molecule has 98 valence electrons. The van der Waals surface area contributed by atoms with Crippen LogP contribution in [0.1, 0.15) is 43.4 Å². The molecule has 0 amide bonds. The zero-order chi connectivity index (χ0) is 12.8. The number of hydrogen-bond acceptors (Lipinski definition) is 3. The molecule has 1 saturated carbocycles. The van der Waals surface area contributed by atoms with E-state index >= 15 is 0 Å². The van der Waals surface area contributed by atoms with E-state index in [0.717, 1.165) is 36.3 Å². The van der Waals surface area contributed by atoms with Crippen LogP contribution in [0.5, 0.6) is 5.75 Å². The Bertz CT molecular complexity index is 449. The Labute approximate surface area is 108 Å². The third-order valence-electron chi connectivity index (χ3n) is 4.02. The van der Waals surface area contributed by atoms with Crippen molar-refractivity contribution in [2.75, 3.05) is 6.61 Å². The topological polar surface area (TPSA) is 38.7 Å². The minimum Gasteiger partial charge on any atom is -0.487 e. The van der Waals surface area contributed by atoms with Crippen molar-refractivity contribution >= 4 is 0 Å². The molecular weight excluding hydrogens is 228 g/mol. The molecule has 1 fully saturated rings. The molecule has 1 N–H and O–H groups in total. The van der Waals surface area contributed by atoms with Crippen LogP contribution in [-0.4, -0.2) is 23.4 Å². The van der Waals surface area contributed by atoms with Gasteiger partial charge in [0.2, 0.25) is 0 Å². The number of fused-ring (bicyclic) bond motifs is 1. The van der Waals surface area contributed by atoms with Crippen LogP contribution in [0.15, 0.2) is 18.2 Å². The van der Waals surface area contributed by atoms with Gasteiger partial charge in [0, 0.05) is 31.4 Å². The SMILES string of the molecule is CCOC1CC2(C1)C[C@H](O)c1cc(C)ccc1O2. The summed E-state index contributed by atoms with van der Waals surface area (Å²) in [4.78, 5) is 0. The quantitative estimate of drug-likeness (QED) is 0.874. The molecule has 0 aromatic heterocycles. The van der Waals surface area contributed by atoms with Crippen LogP contribution >= 0.6 is 0 Å². The second-order valence-electron chi connectivity index (χ2n) is 5.53.